The fourth-order valence-electron chi connectivity index (χ4n) is 2.09. The first kappa shape index (κ1) is 13.5. The second kappa shape index (κ2) is 5.38. The lowest BCUT2D eigenvalue weighted by Crippen LogP contribution is -2.10. The van der Waals surface area contributed by atoms with E-state index in [-0.39, 0.29) is 5.41 Å². The van der Waals surface area contributed by atoms with Gasteiger partial charge in [0, 0.05) is 6.42 Å². The summed E-state index contributed by atoms with van der Waals surface area (Å²) >= 11 is 0. The van der Waals surface area contributed by atoms with Crippen LogP contribution < -0.4 is 4.74 Å². The summed E-state index contributed by atoms with van der Waals surface area (Å²) in [6.07, 6.45) is 1.65. The lowest BCUT2D eigenvalue weighted by molar-refractivity contribution is 0.378. The lowest BCUT2D eigenvalue weighted by Gasteiger charge is -2.20. The van der Waals surface area contributed by atoms with E-state index >= 15 is 0 Å². The molecular formula is C14H20N4O. The number of aromatic amines is 1. The minimum atomic E-state index is 0.220. The van der Waals surface area contributed by atoms with Gasteiger partial charge >= 0.3 is 0 Å². The van der Waals surface area contributed by atoms with E-state index in [4.69, 9.17) is 4.74 Å². The number of methoxy groups -OCH3 is 1. The molecule has 0 fully saturated rings. The lowest BCUT2D eigenvalue weighted by atomic mass is 9.87. The molecule has 0 radical (unpaired) electrons. The van der Waals surface area contributed by atoms with E-state index < -0.39 is 0 Å². The van der Waals surface area contributed by atoms with Gasteiger partial charge in [-0.25, -0.2) is 0 Å². The molecule has 0 unspecified atom stereocenters. The number of hydrogen-bond donors (Lipinski definition) is 1. The molecule has 0 atom stereocenters. The number of aromatic nitrogens is 4. The normalized spacial score (nSPS) is 11.6. The van der Waals surface area contributed by atoms with E-state index in [1.807, 2.05) is 12.1 Å². The van der Waals surface area contributed by atoms with Gasteiger partial charge in [-0.2, -0.15) is 5.21 Å². The number of nitrogens with one attached hydrogen (secondary N) is 1. The van der Waals surface area contributed by atoms with Crippen LogP contribution in [0, 0.1) is 5.41 Å². The van der Waals surface area contributed by atoms with Gasteiger partial charge in [-0.05, 0) is 29.0 Å². The zero-order chi connectivity index (χ0) is 13.9. The largest absolute Gasteiger partial charge is 0.496 e. The van der Waals surface area contributed by atoms with E-state index in [1.165, 1.54) is 11.1 Å². The van der Waals surface area contributed by atoms with Crippen molar-refractivity contribution in [1.82, 2.24) is 20.6 Å². The number of nitrogens with zero attached hydrogens (tertiary/aromatic N) is 3. The molecule has 0 aliphatic heterocycles. The highest BCUT2D eigenvalue weighted by molar-refractivity contribution is 5.38. The van der Waals surface area contributed by atoms with Gasteiger partial charge in [0.1, 0.15) is 5.75 Å². The molecule has 1 N–H and O–H groups in total. The van der Waals surface area contributed by atoms with E-state index in [9.17, 15) is 0 Å². The van der Waals surface area contributed by atoms with Crippen LogP contribution in [-0.2, 0) is 12.8 Å². The summed E-state index contributed by atoms with van der Waals surface area (Å²) in [5.41, 5.74) is 2.61. The van der Waals surface area contributed by atoms with Gasteiger partial charge in [-0.3, -0.25) is 0 Å². The van der Waals surface area contributed by atoms with Gasteiger partial charge in [-0.15, -0.1) is 10.2 Å². The standard InChI is InChI=1S/C14H20N4O/c1-14(2,3)9-11-7-10(5-6-12(11)19-4)8-13-15-17-18-16-13/h5-7H,8-9H2,1-4H3,(H,15,16,17,18). The molecule has 0 saturated carbocycles. The van der Waals surface area contributed by atoms with E-state index in [0.29, 0.717) is 12.2 Å². The Balaban J connectivity index is 2.24. The number of H-pyrrole nitrogens is 1. The Morgan fingerprint density at radius 1 is 1.26 bits per heavy atom. The molecule has 0 spiro atoms. The monoisotopic (exact) mass is 260 g/mol. The Bertz CT molecular complexity index is 529. The van der Waals surface area contributed by atoms with Crippen molar-refractivity contribution in [3.05, 3.63) is 35.2 Å². The molecule has 5 nitrogen and oxygen atoms in total. The van der Waals surface area contributed by atoms with Crippen molar-refractivity contribution in [2.75, 3.05) is 7.11 Å². The zero-order valence-corrected chi connectivity index (χ0v) is 11.9. The zero-order valence-electron chi connectivity index (χ0n) is 11.9. The van der Waals surface area contributed by atoms with Crippen LogP contribution in [0.15, 0.2) is 18.2 Å². The first-order chi connectivity index (χ1) is 8.98. The first-order valence-corrected chi connectivity index (χ1v) is 6.36. The highest BCUT2D eigenvalue weighted by Gasteiger charge is 2.15. The topological polar surface area (TPSA) is 63.7 Å². The minimum Gasteiger partial charge on any atom is -0.496 e. The third kappa shape index (κ3) is 3.77. The Hall–Kier alpha value is -1.91. The van der Waals surface area contributed by atoms with Gasteiger partial charge < -0.3 is 4.74 Å². The van der Waals surface area contributed by atoms with E-state index in [2.05, 4.69) is 47.5 Å². The molecule has 2 rings (SSSR count). The van der Waals surface area contributed by atoms with Crippen LogP contribution in [-0.4, -0.2) is 27.7 Å². The molecule has 1 heterocycles. The molecule has 102 valence electrons. The van der Waals surface area contributed by atoms with Crippen LogP contribution in [0.3, 0.4) is 0 Å². The Morgan fingerprint density at radius 3 is 2.63 bits per heavy atom. The second-order valence-corrected chi connectivity index (χ2v) is 5.89. The molecule has 0 amide bonds. The third-order valence-corrected chi connectivity index (χ3v) is 2.82. The van der Waals surface area contributed by atoms with Crippen molar-refractivity contribution in [2.45, 2.75) is 33.6 Å². The summed E-state index contributed by atoms with van der Waals surface area (Å²) in [7, 11) is 1.71. The molecule has 1 aromatic heterocycles. The van der Waals surface area contributed by atoms with Gasteiger partial charge in [0.15, 0.2) is 5.82 Å². The van der Waals surface area contributed by atoms with Crippen LogP contribution in [0.4, 0.5) is 0 Å². The van der Waals surface area contributed by atoms with Crippen molar-refractivity contribution >= 4 is 0 Å². The van der Waals surface area contributed by atoms with Gasteiger partial charge in [0.25, 0.3) is 0 Å². The Kier molecular flexibility index (Phi) is 3.83. The Labute approximate surface area is 113 Å². The molecule has 0 aliphatic carbocycles. The maximum absolute atomic E-state index is 5.43. The van der Waals surface area contributed by atoms with Crippen molar-refractivity contribution in [3.63, 3.8) is 0 Å². The molecule has 19 heavy (non-hydrogen) atoms. The summed E-state index contributed by atoms with van der Waals surface area (Å²) in [5.74, 6) is 1.64. The molecular weight excluding hydrogens is 240 g/mol. The number of ether oxygens (including phenoxy) is 1. The predicted octanol–water partition coefficient (Wildman–Crippen LogP) is 2.39. The number of benzene rings is 1. The summed E-state index contributed by atoms with van der Waals surface area (Å²) in [4.78, 5) is 0. The number of rotatable bonds is 4. The van der Waals surface area contributed by atoms with Gasteiger partial charge in [0.05, 0.1) is 7.11 Å². The Morgan fingerprint density at radius 2 is 2.05 bits per heavy atom. The fraction of sp³-hybridized carbons (Fsp3) is 0.500. The van der Waals surface area contributed by atoms with Crippen molar-refractivity contribution in [2.24, 2.45) is 5.41 Å². The second-order valence-electron chi connectivity index (χ2n) is 5.89. The van der Waals surface area contributed by atoms with Crippen LogP contribution in [0.1, 0.15) is 37.7 Å². The van der Waals surface area contributed by atoms with Crippen molar-refractivity contribution < 1.29 is 4.74 Å². The van der Waals surface area contributed by atoms with Crippen LogP contribution >= 0.6 is 0 Å². The average Bonchev–Trinajstić information content (AvgIpc) is 2.80. The smallest absolute Gasteiger partial charge is 0.178 e. The highest BCUT2D eigenvalue weighted by Crippen LogP contribution is 2.28. The van der Waals surface area contributed by atoms with Gasteiger partial charge in [-0.1, -0.05) is 38.1 Å². The predicted molar refractivity (Wildman–Crippen MR) is 73.1 cm³/mol. The summed E-state index contributed by atoms with van der Waals surface area (Å²) in [6, 6.07) is 6.22. The quantitative estimate of drug-likeness (QED) is 0.916. The summed E-state index contributed by atoms with van der Waals surface area (Å²) in [6.45, 7) is 6.66. The van der Waals surface area contributed by atoms with Crippen LogP contribution in [0.2, 0.25) is 0 Å². The summed E-state index contributed by atoms with van der Waals surface area (Å²) < 4.78 is 5.43. The highest BCUT2D eigenvalue weighted by atomic mass is 16.5. The van der Waals surface area contributed by atoms with Crippen LogP contribution in [0.5, 0.6) is 5.75 Å². The maximum Gasteiger partial charge on any atom is 0.178 e. The maximum atomic E-state index is 5.43. The molecule has 0 bridgehead atoms. The molecule has 0 aliphatic rings. The molecule has 1 aromatic carbocycles. The summed E-state index contributed by atoms with van der Waals surface area (Å²) in [5, 5.41) is 14.0. The van der Waals surface area contributed by atoms with E-state index in [1.54, 1.807) is 7.11 Å². The molecule has 0 saturated heterocycles. The van der Waals surface area contributed by atoms with Crippen LogP contribution in [0.25, 0.3) is 0 Å². The fourth-order valence-corrected chi connectivity index (χ4v) is 2.09. The van der Waals surface area contributed by atoms with Crippen molar-refractivity contribution in [3.8, 4) is 5.75 Å². The van der Waals surface area contributed by atoms with Crippen molar-refractivity contribution in [1.29, 1.82) is 0 Å². The minimum absolute atomic E-state index is 0.220. The number of tetrazole rings is 1. The first-order valence-electron chi connectivity index (χ1n) is 6.36. The van der Waals surface area contributed by atoms with Gasteiger partial charge in [0.2, 0.25) is 0 Å². The number of hydrogen-bond acceptors (Lipinski definition) is 4. The molecule has 2 aromatic rings. The van der Waals surface area contributed by atoms with E-state index in [0.717, 1.165) is 12.2 Å². The molecule has 5 heteroatoms. The average molecular weight is 260 g/mol. The third-order valence-electron chi connectivity index (χ3n) is 2.82. The SMILES string of the molecule is COc1ccc(Cc2nn[nH]n2)cc1CC(C)(C)C.